The van der Waals surface area contributed by atoms with Gasteiger partial charge < -0.3 is 4.74 Å². The maximum absolute atomic E-state index is 5.25. The minimum atomic E-state index is 0.965. The lowest BCUT2D eigenvalue weighted by Crippen LogP contribution is -2.02. The Bertz CT molecular complexity index is 264. The number of benzene rings is 1. The van der Waals surface area contributed by atoms with Gasteiger partial charge in [0.15, 0.2) is 0 Å². The topological polar surface area (TPSA) is 9.23 Å². The zero-order valence-corrected chi connectivity index (χ0v) is 7.26. The molecule has 0 fully saturated rings. The van der Waals surface area contributed by atoms with Crippen LogP contribution in [0.25, 0.3) is 0 Å². The van der Waals surface area contributed by atoms with Crippen LogP contribution >= 0.6 is 0 Å². The number of methoxy groups -OCH3 is 1. The van der Waals surface area contributed by atoms with Crippen molar-refractivity contribution >= 4 is 0 Å². The molecular formula is C11H12O. The highest BCUT2D eigenvalue weighted by molar-refractivity contribution is 5.46. The molecule has 2 rings (SSSR count). The van der Waals surface area contributed by atoms with Crippen LogP contribution in [0.3, 0.4) is 0 Å². The molecule has 1 aliphatic carbocycles. The predicted octanol–water partition coefficient (Wildman–Crippen LogP) is 2.46. The van der Waals surface area contributed by atoms with E-state index in [1.807, 2.05) is 12.1 Å². The lowest BCUT2D eigenvalue weighted by Gasteiger charge is -2.17. The molecule has 0 saturated carbocycles. The van der Waals surface area contributed by atoms with Gasteiger partial charge in [-0.1, -0.05) is 12.1 Å². The summed E-state index contributed by atoms with van der Waals surface area (Å²) in [7, 11) is 1.71. The van der Waals surface area contributed by atoms with E-state index < -0.39 is 0 Å². The zero-order valence-electron chi connectivity index (χ0n) is 7.26. The zero-order chi connectivity index (χ0) is 8.39. The molecule has 0 saturated heterocycles. The Hall–Kier alpha value is -0.980. The Morgan fingerprint density at radius 1 is 1.42 bits per heavy atom. The Morgan fingerprint density at radius 2 is 2.33 bits per heavy atom. The highest BCUT2D eigenvalue weighted by Crippen LogP contribution is 2.30. The van der Waals surface area contributed by atoms with Crippen molar-refractivity contribution in [1.82, 2.24) is 0 Å². The average Bonchev–Trinajstić information content (AvgIpc) is 2.17. The molecule has 2 radical (unpaired) electrons. The first-order valence-corrected chi connectivity index (χ1v) is 4.31. The fourth-order valence-electron chi connectivity index (χ4n) is 1.65. The average molecular weight is 160 g/mol. The molecule has 0 amide bonds. The van der Waals surface area contributed by atoms with E-state index in [1.54, 1.807) is 7.11 Å². The quantitative estimate of drug-likeness (QED) is 0.613. The summed E-state index contributed by atoms with van der Waals surface area (Å²) in [6, 6.07) is 6.20. The molecule has 0 atom stereocenters. The third-order valence-electron chi connectivity index (χ3n) is 2.26. The van der Waals surface area contributed by atoms with E-state index in [0.717, 1.165) is 12.2 Å². The van der Waals surface area contributed by atoms with Crippen molar-refractivity contribution in [2.24, 2.45) is 0 Å². The lowest BCUT2D eigenvalue weighted by atomic mass is 9.91. The molecule has 1 aromatic carbocycles. The van der Waals surface area contributed by atoms with Crippen LogP contribution in [0.4, 0.5) is 0 Å². The summed E-state index contributed by atoms with van der Waals surface area (Å²) in [6.45, 7) is 0. The SMILES string of the molecule is COc1cccc2c1[C]CCC2. The largest absolute Gasteiger partial charge is 0.496 e. The molecule has 62 valence electrons. The lowest BCUT2D eigenvalue weighted by molar-refractivity contribution is 0.410. The molecular weight excluding hydrogens is 148 g/mol. The van der Waals surface area contributed by atoms with Crippen molar-refractivity contribution in [2.75, 3.05) is 7.11 Å². The van der Waals surface area contributed by atoms with E-state index in [1.165, 1.54) is 24.0 Å². The van der Waals surface area contributed by atoms with Gasteiger partial charge >= 0.3 is 0 Å². The summed E-state index contributed by atoms with van der Waals surface area (Å²) < 4.78 is 5.25. The van der Waals surface area contributed by atoms with Gasteiger partial charge in [-0.25, -0.2) is 0 Å². The molecule has 1 nitrogen and oxygen atoms in total. The minimum absolute atomic E-state index is 0.965. The summed E-state index contributed by atoms with van der Waals surface area (Å²) in [5.74, 6) is 0.965. The third kappa shape index (κ3) is 1.20. The van der Waals surface area contributed by atoms with E-state index in [-0.39, 0.29) is 0 Å². The summed E-state index contributed by atoms with van der Waals surface area (Å²) >= 11 is 0. The van der Waals surface area contributed by atoms with Gasteiger partial charge in [0.2, 0.25) is 0 Å². The maximum atomic E-state index is 5.25. The van der Waals surface area contributed by atoms with Gasteiger partial charge in [-0.05, 0) is 30.9 Å². The standard InChI is InChI=1S/C11H12O/c1-12-11-8-4-6-9-5-2-3-7-10(9)11/h4,6,8H,2-3,5H2,1H3. The molecule has 1 aromatic rings. The third-order valence-corrected chi connectivity index (χ3v) is 2.26. The Labute approximate surface area is 73.4 Å². The molecule has 0 aliphatic heterocycles. The highest BCUT2D eigenvalue weighted by Gasteiger charge is 2.13. The summed E-state index contributed by atoms with van der Waals surface area (Å²) in [5, 5.41) is 0. The number of hydrogen-bond acceptors (Lipinski definition) is 1. The van der Waals surface area contributed by atoms with Gasteiger partial charge in [0, 0.05) is 12.0 Å². The van der Waals surface area contributed by atoms with Crippen LogP contribution < -0.4 is 4.74 Å². The molecule has 0 heterocycles. The van der Waals surface area contributed by atoms with Crippen molar-refractivity contribution in [3.8, 4) is 5.75 Å². The summed E-state index contributed by atoms with van der Waals surface area (Å²) in [6.07, 6.45) is 6.81. The van der Waals surface area contributed by atoms with Crippen LogP contribution in [0.15, 0.2) is 18.2 Å². The molecule has 0 unspecified atom stereocenters. The van der Waals surface area contributed by atoms with E-state index >= 15 is 0 Å². The Balaban J connectivity index is 2.44. The van der Waals surface area contributed by atoms with Crippen molar-refractivity contribution in [2.45, 2.75) is 19.3 Å². The molecule has 0 spiro atoms. The first-order chi connectivity index (χ1) is 5.92. The van der Waals surface area contributed by atoms with Crippen molar-refractivity contribution < 1.29 is 4.74 Å². The van der Waals surface area contributed by atoms with Crippen molar-refractivity contribution in [1.29, 1.82) is 0 Å². The molecule has 0 bridgehead atoms. The molecule has 1 aliphatic rings. The van der Waals surface area contributed by atoms with Gasteiger partial charge in [0.1, 0.15) is 5.75 Å². The van der Waals surface area contributed by atoms with Gasteiger partial charge in [0.25, 0.3) is 0 Å². The second-order valence-corrected chi connectivity index (χ2v) is 3.02. The number of aryl methyl sites for hydroxylation is 1. The number of hydrogen-bond donors (Lipinski definition) is 0. The molecule has 0 N–H and O–H groups in total. The second-order valence-electron chi connectivity index (χ2n) is 3.02. The minimum Gasteiger partial charge on any atom is -0.496 e. The van der Waals surface area contributed by atoms with Crippen LogP contribution in [0.1, 0.15) is 24.0 Å². The van der Waals surface area contributed by atoms with Gasteiger partial charge in [-0.3, -0.25) is 0 Å². The molecule has 12 heavy (non-hydrogen) atoms. The van der Waals surface area contributed by atoms with E-state index in [9.17, 15) is 0 Å². The smallest absolute Gasteiger partial charge is 0.122 e. The van der Waals surface area contributed by atoms with Crippen LogP contribution in [-0.2, 0) is 6.42 Å². The fraction of sp³-hybridized carbons (Fsp3) is 0.364. The predicted molar refractivity (Wildman–Crippen MR) is 48.3 cm³/mol. The molecule has 0 aromatic heterocycles. The van der Waals surface area contributed by atoms with E-state index in [0.29, 0.717) is 0 Å². The number of ether oxygens (including phenoxy) is 1. The first-order valence-electron chi connectivity index (χ1n) is 4.31. The second kappa shape index (κ2) is 3.18. The van der Waals surface area contributed by atoms with Gasteiger partial charge in [-0.2, -0.15) is 0 Å². The van der Waals surface area contributed by atoms with E-state index in [2.05, 4.69) is 12.5 Å². The van der Waals surface area contributed by atoms with Gasteiger partial charge in [0.05, 0.1) is 7.11 Å². The Kier molecular flexibility index (Phi) is 2.03. The van der Waals surface area contributed by atoms with Crippen LogP contribution in [0, 0.1) is 6.42 Å². The van der Waals surface area contributed by atoms with Gasteiger partial charge in [-0.15, -0.1) is 0 Å². The monoisotopic (exact) mass is 160 g/mol. The highest BCUT2D eigenvalue weighted by atomic mass is 16.5. The first kappa shape index (κ1) is 7.66. The number of rotatable bonds is 1. The van der Waals surface area contributed by atoms with E-state index in [4.69, 9.17) is 4.74 Å². The fourth-order valence-corrected chi connectivity index (χ4v) is 1.65. The summed E-state index contributed by atoms with van der Waals surface area (Å²) in [4.78, 5) is 0. The van der Waals surface area contributed by atoms with Crippen LogP contribution in [0.2, 0.25) is 0 Å². The van der Waals surface area contributed by atoms with Crippen LogP contribution in [-0.4, -0.2) is 7.11 Å². The Morgan fingerprint density at radius 3 is 3.17 bits per heavy atom. The molecule has 1 heteroatoms. The van der Waals surface area contributed by atoms with Crippen LogP contribution in [0.5, 0.6) is 5.75 Å². The summed E-state index contributed by atoms with van der Waals surface area (Å²) in [5.41, 5.74) is 2.56. The van der Waals surface area contributed by atoms with Crippen molar-refractivity contribution in [3.05, 3.63) is 35.7 Å². The number of fused-ring (bicyclic) bond motifs is 1. The normalized spacial score (nSPS) is 15.4. The van der Waals surface area contributed by atoms with Crippen molar-refractivity contribution in [3.63, 3.8) is 0 Å². The maximum Gasteiger partial charge on any atom is 0.122 e.